The van der Waals surface area contributed by atoms with Gasteiger partial charge in [-0.2, -0.15) is 0 Å². The van der Waals surface area contributed by atoms with E-state index in [1.54, 1.807) is 0 Å². The van der Waals surface area contributed by atoms with Crippen molar-refractivity contribution in [3.8, 4) is 0 Å². The maximum atomic E-state index is 5.78. The quantitative estimate of drug-likeness (QED) is 0.222. The zero-order chi connectivity index (χ0) is 22.5. The fourth-order valence-electron chi connectivity index (χ4n) is 5.66. The van der Waals surface area contributed by atoms with Crippen molar-refractivity contribution in [2.45, 2.75) is 96.5 Å². The first-order valence-corrected chi connectivity index (χ1v) is 13.3. The van der Waals surface area contributed by atoms with E-state index in [2.05, 4.69) is 55.7 Å². The molecule has 32 heavy (non-hydrogen) atoms. The van der Waals surface area contributed by atoms with E-state index in [-0.39, 0.29) is 0 Å². The Kier molecular flexibility index (Phi) is 10.8. The standard InChI is InChI=1S/C31H46O/c1-3-5-9-25-32-26-30-17-15-29(16-18-30)20-24-31(21-7-6-8-22-31)23-19-28-13-11-27(10-4-2)12-14-28/h3-4,15-19,23,27-28H,1-2,5-14,20-22,24-26H2. The number of aryl methyl sites for hydroxylation is 1. The van der Waals surface area contributed by atoms with Gasteiger partial charge >= 0.3 is 0 Å². The summed E-state index contributed by atoms with van der Waals surface area (Å²) in [5.41, 5.74) is 3.19. The van der Waals surface area contributed by atoms with Gasteiger partial charge in [-0.05, 0) is 99.0 Å². The van der Waals surface area contributed by atoms with Gasteiger partial charge < -0.3 is 4.74 Å². The molecule has 0 amide bonds. The molecule has 2 aliphatic carbocycles. The monoisotopic (exact) mass is 434 g/mol. The molecular formula is C31H46O. The van der Waals surface area contributed by atoms with Crippen LogP contribution >= 0.6 is 0 Å². The van der Waals surface area contributed by atoms with Crippen LogP contribution in [0.25, 0.3) is 0 Å². The second-order valence-corrected chi connectivity index (χ2v) is 10.4. The highest BCUT2D eigenvalue weighted by Gasteiger charge is 2.29. The molecule has 0 atom stereocenters. The molecule has 0 heterocycles. The minimum atomic E-state index is 0.434. The Morgan fingerprint density at radius 3 is 2.31 bits per heavy atom. The third kappa shape index (κ3) is 8.39. The van der Waals surface area contributed by atoms with E-state index in [1.165, 1.54) is 88.2 Å². The number of allylic oxidation sites excluding steroid dienone is 4. The number of hydrogen-bond acceptors (Lipinski definition) is 1. The lowest BCUT2D eigenvalue weighted by Crippen LogP contribution is -2.23. The van der Waals surface area contributed by atoms with Crippen molar-refractivity contribution in [3.05, 3.63) is 72.9 Å². The van der Waals surface area contributed by atoms with Crippen molar-refractivity contribution in [2.24, 2.45) is 17.3 Å². The smallest absolute Gasteiger partial charge is 0.0716 e. The van der Waals surface area contributed by atoms with E-state index in [4.69, 9.17) is 4.74 Å². The van der Waals surface area contributed by atoms with E-state index in [9.17, 15) is 0 Å². The summed E-state index contributed by atoms with van der Waals surface area (Å²) in [5, 5.41) is 0. The van der Waals surface area contributed by atoms with Gasteiger partial charge in [0.1, 0.15) is 0 Å². The Morgan fingerprint density at radius 2 is 1.62 bits per heavy atom. The minimum absolute atomic E-state index is 0.434. The summed E-state index contributed by atoms with van der Waals surface area (Å²) in [6, 6.07) is 9.16. The molecule has 2 saturated carbocycles. The van der Waals surface area contributed by atoms with Crippen LogP contribution in [-0.4, -0.2) is 6.61 Å². The Hall–Kier alpha value is -1.60. The van der Waals surface area contributed by atoms with Crippen molar-refractivity contribution in [2.75, 3.05) is 6.61 Å². The van der Waals surface area contributed by atoms with Crippen LogP contribution in [0.5, 0.6) is 0 Å². The van der Waals surface area contributed by atoms with Gasteiger partial charge in [-0.25, -0.2) is 0 Å². The maximum absolute atomic E-state index is 5.78. The van der Waals surface area contributed by atoms with Gasteiger partial charge in [0.2, 0.25) is 0 Å². The summed E-state index contributed by atoms with van der Waals surface area (Å²) in [6.45, 7) is 9.23. The molecule has 0 aliphatic heterocycles. The third-order valence-corrected chi connectivity index (χ3v) is 7.86. The second kappa shape index (κ2) is 13.8. The van der Waals surface area contributed by atoms with Crippen LogP contribution in [0.15, 0.2) is 61.7 Å². The van der Waals surface area contributed by atoms with Gasteiger partial charge in [0.15, 0.2) is 0 Å². The molecule has 0 N–H and O–H groups in total. The molecule has 0 unspecified atom stereocenters. The molecule has 0 radical (unpaired) electrons. The Morgan fingerprint density at radius 1 is 0.906 bits per heavy atom. The largest absolute Gasteiger partial charge is 0.377 e. The van der Waals surface area contributed by atoms with E-state index < -0.39 is 0 Å². The highest BCUT2D eigenvalue weighted by atomic mass is 16.5. The minimum Gasteiger partial charge on any atom is -0.377 e. The molecule has 3 rings (SSSR count). The van der Waals surface area contributed by atoms with Gasteiger partial charge in [-0.3, -0.25) is 0 Å². The normalized spacial score (nSPS) is 23.2. The summed E-state index contributed by atoms with van der Waals surface area (Å²) >= 11 is 0. The highest BCUT2D eigenvalue weighted by molar-refractivity contribution is 5.22. The summed E-state index contributed by atoms with van der Waals surface area (Å²) in [4.78, 5) is 0. The molecular weight excluding hydrogens is 388 g/mol. The molecule has 1 aromatic rings. The predicted octanol–water partition coefficient (Wildman–Crippen LogP) is 8.99. The molecule has 0 spiro atoms. The van der Waals surface area contributed by atoms with Crippen molar-refractivity contribution in [1.82, 2.24) is 0 Å². The van der Waals surface area contributed by atoms with Crippen molar-refractivity contribution >= 4 is 0 Å². The Labute approximate surface area is 198 Å². The molecule has 0 bridgehead atoms. The average Bonchev–Trinajstić information content (AvgIpc) is 2.84. The Balaban J connectivity index is 1.48. The zero-order valence-corrected chi connectivity index (χ0v) is 20.4. The van der Waals surface area contributed by atoms with Crippen LogP contribution in [0.1, 0.15) is 94.6 Å². The van der Waals surface area contributed by atoms with Crippen LogP contribution in [-0.2, 0) is 17.8 Å². The SMILES string of the molecule is C=CCCCOCc1ccc(CCC2(C=CC3CCC(CC=C)CC3)CCCCC2)cc1. The van der Waals surface area contributed by atoms with E-state index >= 15 is 0 Å². The van der Waals surface area contributed by atoms with Crippen LogP contribution in [0, 0.1) is 17.3 Å². The molecule has 0 saturated heterocycles. The first kappa shape index (κ1) is 25.0. The summed E-state index contributed by atoms with van der Waals surface area (Å²) in [6.07, 6.45) is 27.7. The van der Waals surface area contributed by atoms with Gasteiger partial charge in [-0.1, -0.05) is 67.8 Å². The van der Waals surface area contributed by atoms with E-state index in [0.29, 0.717) is 5.41 Å². The van der Waals surface area contributed by atoms with Crippen LogP contribution < -0.4 is 0 Å². The topological polar surface area (TPSA) is 9.23 Å². The number of ether oxygens (including phenoxy) is 1. The zero-order valence-electron chi connectivity index (χ0n) is 20.4. The van der Waals surface area contributed by atoms with Gasteiger partial charge in [-0.15, -0.1) is 13.2 Å². The molecule has 2 aliphatic rings. The lowest BCUT2D eigenvalue weighted by Gasteiger charge is -2.36. The van der Waals surface area contributed by atoms with Crippen LogP contribution in [0.2, 0.25) is 0 Å². The Bertz CT molecular complexity index is 684. The van der Waals surface area contributed by atoms with E-state index in [1.807, 2.05) is 6.08 Å². The number of hydrogen-bond donors (Lipinski definition) is 0. The summed E-state index contributed by atoms with van der Waals surface area (Å²) in [7, 11) is 0. The molecule has 2 fully saturated rings. The summed E-state index contributed by atoms with van der Waals surface area (Å²) < 4.78 is 5.78. The fourth-order valence-corrected chi connectivity index (χ4v) is 5.66. The first-order valence-electron chi connectivity index (χ1n) is 13.3. The van der Waals surface area contributed by atoms with Crippen molar-refractivity contribution < 1.29 is 4.74 Å². The molecule has 176 valence electrons. The average molecular weight is 435 g/mol. The number of rotatable bonds is 13. The van der Waals surface area contributed by atoms with E-state index in [0.717, 1.165) is 37.9 Å². The molecule has 1 heteroatoms. The lowest BCUT2D eigenvalue weighted by molar-refractivity contribution is 0.119. The highest BCUT2D eigenvalue weighted by Crippen LogP contribution is 2.42. The van der Waals surface area contributed by atoms with Gasteiger partial charge in [0.25, 0.3) is 0 Å². The molecule has 0 aromatic heterocycles. The number of benzene rings is 1. The van der Waals surface area contributed by atoms with Crippen molar-refractivity contribution in [3.63, 3.8) is 0 Å². The molecule has 1 aromatic carbocycles. The maximum Gasteiger partial charge on any atom is 0.0716 e. The predicted molar refractivity (Wildman–Crippen MR) is 139 cm³/mol. The van der Waals surface area contributed by atoms with Crippen LogP contribution in [0.4, 0.5) is 0 Å². The van der Waals surface area contributed by atoms with Crippen molar-refractivity contribution in [1.29, 1.82) is 0 Å². The second-order valence-electron chi connectivity index (χ2n) is 10.4. The summed E-state index contributed by atoms with van der Waals surface area (Å²) in [5.74, 6) is 1.70. The molecule has 1 nitrogen and oxygen atoms in total. The first-order chi connectivity index (χ1) is 15.7. The third-order valence-electron chi connectivity index (χ3n) is 7.86. The lowest BCUT2D eigenvalue weighted by atomic mass is 9.69. The fraction of sp³-hybridized carbons (Fsp3) is 0.613. The van der Waals surface area contributed by atoms with Gasteiger partial charge in [0, 0.05) is 6.61 Å². The van der Waals surface area contributed by atoms with Gasteiger partial charge in [0.05, 0.1) is 6.61 Å². The number of unbranched alkanes of at least 4 members (excludes halogenated alkanes) is 1. The van der Waals surface area contributed by atoms with Crippen LogP contribution in [0.3, 0.4) is 0 Å².